The Labute approximate surface area is 220 Å². The number of aromatic amines is 1. The number of nitrogens with one attached hydrogen (secondary N) is 3. The van der Waals surface area contributed by atoms with Crippen molar-refractivity contribution in [3.8, 4) is 11.1 Å². The van der Waals surface area contributed by atoms with Crippen molar-refractivity contribution < 1.29 is 23.5 Å². The molecular formula is C26H31ClFN5O4. The number of methoxy groups -OCH3 is 1. The van der Waals surface area contributed by atoms with Crippen LogP contribution in [-0.4, -0.2) is 66.2 Å². The van der Waals surface area contributed by atoms with Crippen LogP contribution in [0.25, 0.3) is 11.1 Å². The third-order valence-corrected chi connectivity index (χ3v) is 5.90. The highest BCUT2D eigenvalue weighted by Gasteiger charge is 2.26. The molecule has 0 bridgehead atoms. The van der Waals surface area contributed by atoms with Gasteiger partial charge in [-0.25, -0.2) is 4.39 Å². The lowest BCUT2D eigenvalue weighted by molar-refractivity contribution is -0.146. The van der Waals surface area contributed by atoms with E-state index in [-0.39, 0.29) is 24.5 Å². The van der Waals surface area contributed by atoms with E-state index in [1.165, 1.54) is 18.3 Å². The average molecular weight is 532 g/mol. The van der Waals surface area contributed by atoms with Crippen molar-refractivity contribution in [1.29, 1.82) is 0 Å². The van der Waals surface area contributed by atoms with Crippen molar-refractivity contribution in [2.45, 2.75) is 38.3 Å². The van der Waals surface area contributed by atoms with E-state index in [9.17, 15) is 14.0 Å². The highest BCUT2D eigenvalue weighted by Crippen LogP contribution is 2.26. The van der Waals surface area contributed by atoms with E-state index in [1.54, 1.807) is 32.2 Å². The van der Waals surface area contributed by atoms with Crippen LogP contribution in [0, 0.1) is 5.82 Å². The number of hydrogen-bond acceptors (Lipinski definition) is 7. The summed E-state index contributed by atoms with van der Waals surface area (Å²) >= 11 is 6.04. The number of halogens is 2. The molecule has 0 aliphatic heterocycles. The zero-order valence-corrected chi connectivity index (χ0v) is 21.6. The molecular weight excluding hydrogens is 501 g/mol. The quantitative estimate of drug-likeness (QED) is 0.215. The number of carbonyl (C=O) groups excluding carboxylic acids is 2. The molecule has 1 aromatic heterocycles. The summed E-state index contributed by atoms with van der Waals surface area (Å²) in [6, 6.07) is 10.6. The van der Waals surface area contributed by atoms with Crippen LogP contribution >= 0.6 is 11.6 Å². The number of H-pyrrole nitrogens is 1. The molecule has 11 heteroatoms. The topological polar surface area (TPSA) is 118 Å². The van der Waals surface area contributed by atoms with Gasteiger partial charge in [-0.05, 0) is 62.1 Å². The highest BCUT2D eigenvalue weighted by atomic mass is 35.5. The molecule has 9 nitrogen and oxygen atoms in total. The molecule has 1 heterocycles. The molecule has 0 saturated carbocycles. The third-order valence-electron chi connectivity index (χ3n) is 5.67. The Morgan fingerprint density at radius 1 is 1.19 bits per heavy atom. The van der Waals surface area contributed by atoms with Gasteiger partial charge in [0.2, 0.25) is 0 Å². The average Bonchev–Trinajstić information content (AvgIpc) is 3.43. The number of ether oxygens (including phenoxy) is 2. The van der Waals surface area contributed by atoms with Crippen LogP contribution < -0.4 is 10.6 Å². The standard InChI is InChI=1S/C26H31ClFN5O4/c1-3-37-26(35)23(29-11-4-12-36-2)15-20(31-25(34)24-16-30-33-32-24)13-17-5-7-18(8-6-17)21-14-19(27)9-10-22(21)28/h5-10,14,16,20,23,29H,3-4,11-13,15H2,1-2H3,(H,31,34)(H,30,32,33)/t20-,23-/m1/s1. The number of rotatable bonds is 14. The van der Waals surface area contributed by atoms with Gasteiger partial charge in [-0.15, -0.1) is 5.10 Å². The molecule has 37 heavy (non-hydrogen) atoms. The van der Waals surface area contributed by atoms with Crippen molar-refractivity contribution in [3.63, 3.8) is 0 Å². The second kappa shape index (κ2) is 14.4. The number of amides is 1. The Bertz CT molecular complexity index is 1140. The number of carbonyl (C=O) groups is 2. The van der Waals surface area contributed by atoms with Gasteiger partial charge in [0.25, 0.3) is 5.91 Å². The van der Waals surface area contributed by atoms with Crippen molar-refractivity contribution in [2.24, 2.45) is 0 Å². The van der Waals surface area contributed by atoms with Crippen LogP contribution in [0.4, 0.5) is 4.39 Å². The maximum Gasteiger partial charge on any atom is 0.323 e. The monoisotopic (exact) mass is 531 g/mol. The molecule has 0 spiro atoms. The lowest BCUT2D eigenvalue weighted by Crippen LogP contribution is -2.46. The van der Waals surface area contributed by atoms with Gasteiger partial charge in [0.1, 0.15) is 11.9 Å². The normalized spacial score (nSPS) is 12.6. The van der Waals surface area contributed by atoms with E-state index < -0.39 is 24.0 Å². The highest BCUT2D eigenvalue weighted by molar-refractivity contribution is 6.30. The van der Waals surface area contributed by atoms with Gasteiger partial charge in [0, 0.05) is 30.3 Å². The first kappa shape index (κ1) is 28.2. The van der Waals surface area contributed by atoms with E-state index in [0.717, 1.165) is 5.56 Å². The number of esters is 1. The summed E-state index contributed by atoms with van der Waals surface area (Å²) in [5.74, 6) is -1.18. The fourth-order valence-electron chi connectivity index (χ4n) is 3.87. The molecule has 0 unspecified atom stereocenters. The van der Waals surface area contributed by atoms with Gasteiger partial charge in [-0.2, -0.15) is 0 Å². The summed E-state index contributed by atoms with van der Waals surface area (Å²) in [7, 11) is 1.62. The van der Waals surface area contributed by atoms with Crippen LogP contribution in [0.3, 0.4) is 0 Å². The molecule has 3 rings (SSSR count). The van der Waals surface area contributed by atoms with Crippen LogP contribution in [0.5, 0.6) is 0 Å². The summed E-state index contributed by atoms with van der Waals surface area (Å²) < 4.78 is 24.6. The number of benzene rings is 2. The predicted octanol–water partition coefficient (Wildman–Crippen LogP) is 3.55. The molecule has 3 N–H and O–H groups in total. The number of nitrogens with zero attached hydrogens (tertiary/aromatic N) is 2. The summed E-state index contributed by atoms with van der Waals surface area (Å²) in [5.41, 5.74) is 2.10. The van der Waals surface area contributed by atoms with Gasteiger partial charge in [0.15, 0.2) is 5.69 Å². The van der Waals surface area contributed by atoms with Gasteiger partial charge in [0.05, 0.1) is 12.8 Å². The molecule has 2 atom stereocenters. The van der Waals surface area contributed by atoms with E-state index in [4.69, 9.17) is 21.1 Å². The molecule has 2 aromatic carbocycles. The summed E-state index contributed by atoms with van der Waals surface area (Å²) in [6.07, 6.45) is 2.80. The van der Waals surface area contributed by atoms with Gasteiger partial charge in [-0.3, -0.25) is 14.7 Å². The van der Waals surface area contributed by atoms with Crippen LogP contribution in [0.2, 0.25) is 5.02 Å². The first-order valence-electron chi connectivity index (χ1n) is 12.0. The molecule has 0 aliphatic rings. The lowest BCUT2D eigenvalue weighted by Gasteiger charge is -2.24. The Morgan fingerprint density at radius 2 is 1.97 bits per heavy atom. The Morgan fingerprint density at radius 3 is 2.65 bits per heavy atom. The van der Waals surface area contributed by atoms with Crippen LogP contribution in [0.1, 0.15) is 35.8 Å². The third kappa shape index (κ3) is 8.63. The lowest BCUT2D eigenvalue weighted by atomic mass is 9.96. The van der Waals surface area contributed by atoms with Gasteiger partial charge >= 0.3 is 5.97 Å². The van der Waals surface area contributed by atoms with Crippen LogP contribution in [-0.2, 0) is 20.7 Å². The summed E-state index contributed by atoms with van der Waals surface area (Å²) in [4.78, 5) is 25.4. The Balaban J connectivity index is 1.78. The van der Waals surface area contributed by atoms with E-state index in [0.29, 0.717) is 42.1 Å². The first-order chi connectivity index (χ1) is 17.9. The zero-order chi connectivity index (χ0) is 26.6. The summed E-state index contributed by atoms with van der Waals surface area (Å²) in [6.45, 7) is 3.08. The minimum Gasteiger partial charge on any atom is -0.465 e. The van der Waals surface area contributed by atoms with E-state index in [2.05, 4.69) is 26.0 Å². The zero-order valence-electron chi connectivity index (χ0n) is 20.8. The summed E-state index contributed by atoms with van der Waals surface area (Å²) in [5, 5.41) is 16.5. The number of aromatic nitrogens is 3. The largest absolute Gasteiger partial charge is 0.465 e. The smallest absolute Gasteiger partial charge is 0.323 e. The van der Waals surface area contributed by atoms with Gasteiger partial charge in [-0.1, -0.05) is 41.1 Å². The predicted molar refractivity (Wildman–Crippen MR) is 138 cm³/mol. The molecule has 198 valence electrons. The van der Waals surface area contributed by atoms with Gasteiger partial charge < -0.3 is 20.1 Å². The Hall–Kier alpha value is -3.34. The van der Waals surface area contributed by atoms with E-state index >= 15 is 0 Å². The molecule has 0 fully saturated rings. The first-order valence-corrected chi connectivity index (χ1v) is 12.4. The molecule has 0 aliphatic carbocycles. The van der Waals surface area contributed by atoms with E-state index in [1.807, 2.05) is 12.1 Å². The SMILES string of the molecule is CCOC(=O)[C@@H](C[C@@H](Cc1ccc(-c2cc(Cl)ccc2F)cc1)NC(=O)c1c[nH]nn1)NCCCOC. The number of hydrogen-bond donors (Lipinski definition) is 3. The minimum atomic E-state index is -0.640. The van der Waals surface area contributed by atoms with Crippen molar-refractivity contribution in [2.75, 3.05) is 26.9 Å². The maximum atomic E-state index is 14.3. The Kier molecular flexibility index (Phi) is 11.0. The maximum absolute atomic E-state index is 14.3. The molecule has 0 radical (unpaired) electrons. The molecule has 0 saturated heterocycles. The minimum absolute atomic E-state index is 0.137. The van der Waals surface area contributed by atoms with Crippen molar-refractivity contribution in [1.82, 2.24) is 26.0 Å². The fraction of sp³-hybridized carbons (Fsp3) is 0.385. The second-order valence-corrected chi connectivity index (χ2v) is 8.83. The van der Waals surface area contributed by atoms with Crippen molar-refractivity contribution in [3.05, 3.63) is 70.8 Å². The molecule has 1 amide bonds. The second-order valence-electron chi connectivity index (χ2n) is 8.40. The van der Waals surface area contributed by atoms with Crippen molar-refractivity contribution >= 4 is 23.5 Å². The fourth-order valence-corrected chi connectivity index (χ4v) is 4.04. The molecule has 3 aromatic rings. The van der Waals surface area contributed by atoms with Crippen LogP contribution in [0.15, 0.2) is 48.7 Å².